The van der Waals surface area contributed by atoms with Gasteiger partial charge in [0, 0.05) is 39.4 Å². The standard InChI is InChI=1S/C32H25N2OP/c1-32(2)26-12-4-6-14-28(26)34(29-15-7-5-13-27(29)32)22-17-18-31-25(20-22)24-11-3-8-16-30(24)36(31,35)23-10-9-19-33-21-23/h3-21H,1-2H3. The van der Waals surface area contributed by atoms with Gasteiger partial charge in [-0.2, -0.15) is 0 Å². The highest BCUT2D eigenvalue weighted by Crippen LogP contribution is 2.55. The van der Waals surface area contributed by atoms with Crippen LogP contribution in [0, 0.1) is 0 Å². The van der Waals surface area contributed by atoms with Crippen LogP contribution in [0.15, 0.2) is 116 Å². The number of anilines is 3. The maximum absolute atomic E-state index is 14.8. The third-order valence-electron chi connectivity index (χ3n) is 7.76. The fourth-order valence-electron chi connectivity index (χ4n) is 6.02. The minimum Gasteiger partial charge on any atom is -0.310 e. The van der Waals surface area contributed by atoms with Crippen LogP contribution in [0.2, 0.25) is 0 Å². The van der Waals surface area contributed by atoms with Crippen molar-refractivity contribution >= 4 is 40.1 Å². The van der Waals surface area contributed by atoms with Gasteiger partial charge in [-0.05, 0) is 64.7 Å². The van der Waals surface area contributed by atoms with Gasteiger partial charge in [-0.3, -0.25) is 4.98 Å². The van der Waals surface area contributed by atoms with E-state index in [-0.39, 0.29) is 5.41 Å². The summed E-state index contributed by atoms with van der Waals surface area (Å²) in [5.74, 6) is 0. The Labute approximate surface area is 211 Å². The van der Waals surface area contributed by atoms with E-state index in [4.69, 9.17) is 0 Å². The zero-order valence-corrected chi connectivity index (χ0v) is 21.1. The molecule has 174 valence electrons. The first-order valence-electron chi connectivity index (χ1n) is 12.3. The molecule has 0 spiro atoms. The topological polar surface area (TPSA) is 33.2 Å². The van der Waals surface area contributed by atoms with Gasteiger partial charge in [0.1, 0.15) is 0 Å². The molecular formula is C32H25N2OP. The van der Waals surface area contributed by atoms with Gasteiger partial charge in [0.25, 0.3) is 0 Å². The van der Waals surface area contributed by atoms with Gasteiger partial charge in [0.2, 0.25) is 0 Å². The molecule has 5 aromatic rings. The minimum absolute atomic E-state index is 0.108. The van der Waals surface area contributed by atoms with E-state index >= 15 is 0 Å². The summed E-state index contributed by atoms with van der Waals surface area (Å²) in [4.78, 5) is 6.65. The number of rotatable bonds is 2. The van der Waals surface area contributed by atoms with Gasteiger partial charge in [-0.1, -0.05) is 74.5 Å². The minimum atomic E-state index is -3.00. The summed E-state index contributed by atoms with van der Waals surface area (Å²) in [5, 5.41) is 2.56. The lowest BCUT2D eigenvalue weighted by Crippen LogP contribution is -2.30. The largest absolute Gasteiger partial charge is 0.310 e. The molecule has 7 rings (SSSR count). The molecule has 0 N–H and O–H groups in total. The van der Waals surface area contributed by atoms with Crippen LogP contribution in [0.25, 0.3) is 11.1 Å². The Morgan fingerprint density at radius 2 is 1.33 bits per heavy atom. The third-order valence-corrected chi connectivity index (χ3v) is 10.9. The second-order valence-electron chi connectivity index (χ2n) is 10.0. The van der Waals surface area contributed by atoms with Crippen LogP contribution in [-0.4, -0.2) is 4.98 Å². The Morgan fingerprint density at radius 1 is 0.694 bits per heavy atom. The van der Waals surface area contributed by atoms with Crippen LogP contribution in [-0.2, 0) is 9.98 Å². The highest BCUT2D eigenvalue weighted by molar-refractivity contribution is 7.86. The average molecular weight is 485 g/mol. The van der Waals surface area contributed by atoms with Gasteiger partial charge >= 0.3 is 0 Å². The summed E-state index contributed by atoms with van der Waals surface area (Å²) in [5.41, 5.74) is 8.00. The fourth-order valence-corrected chi connectivity index (χ4v) is 9.00. The number of benzene rings is 4. The molecule has 0 aliphatic carbocycles. The monoisotopic (exact) mass is 484 g/mol. The molecule has 0 bridgehead atoms. The number of nitrogens with zero attached hydrogens (tertiary/aromatic N) is 2. The lowest BCUT2D eigenvalue weighted by atomic mass is 9.73. The smallest absolute Gasteiger partial charge is 0.173 e. The molecule has 4 aromatic carbocycles. The first kappa shape index (κ1) is 21.4. The lowest BCUT2D eigenvalue weighted by molar-refractivity contribution is 0.593. The van der Waals surface area contributed by atoms with Crippen molar-refractivity contribution in [1.82, 2.24) is 4.98 Å². The number of pyridine rings is 1. The highest BCUT2D eigenvalue weighted by Gasteiger charge is 2.41. The van der Waals surface area contributed by atoms with Crippen molar-refractivity contribution in [1.29, 1.82) is 0 Å². The lowest BCUT2D eigenvalue weighted by Gasteiger charge is -2.42. The van der Waals surface area contributed by atoms with E-state index in [1.54, 1.807) is 12.4 Å². The van der Waals surface area contributed by atoms with E-state index in [2.05, 4.69) is 96.5 Å². The second kappa shape index (κ2) is 7.53. The van der Waals surface area contributed by atoms with Gasteiger partial charge in [0.15, 0.2) is 7.14 Å². The van der Waals surface area contributed by atoms with E-state index in [0.29, 0.717) is 0 Å². The van der Waals surface area contributed by atoms with E-state index in [0.717, 1.165) is 32.7 Å². The van der Waals surface area contributed by atoms with E-state index in [9.17, 15) is 4.57 Å². The summed E-state index contributed by atoms with van der Waals surface area (Å²) < 4.78 is 14.8. The Balaban J connectivity index is 1.49. The molecule has 0 amide bonds. The summed E-state index contributed by atoms with van der Waals surface area (Å²) in [6.07, 6.45) is 3.48. The van der Waals surface area contributed by atoms with Gasteiger partial charge in [-0.25, -0.2) is 0 Å². The van der Waals surface area contributed by atoms with Crippen LogP contribution < -0.4 is 20.8 Å². The van der Waals surface area contributed by atoms with Gasteiger partial charge < -0.3 is 9.46 Å². The number of aromatic nitrogens is 1. The quantitative estimate of drug-likeness (QED) is 0.253. The molecule has 3 nitrogen and oxygen atoms in total. The second-order valence-corrected chi connectivity index (χ2v) is 12.7. The van der Waals surface area contributed by atoms with E-state index in [1.165, 1.54) is 22.5 Å². The molecule has 1 aromatic heterocycles. The highest BCUT2D eigenvalue weighted by atomic mass is 31.2. The van der Waals surface area contributed by atoms with Gasteiger partial charge in [-0.15, -0.1) is 0 Å². The van der Waals surface area contributed by atoms with Crippen molar-refractivity contribution < 1.29 is 4.57 Å². The third kappa shape index (κ3) is 2.75. The first-order chi connectivity index (χ1) is 17.5. The van der Waals surface area contributed by atoms with Crippen LogP contribution in [0.3, 0.4) is 0 Å². The molecule has 0 saturated heterocycles. The summed E-state index contributed by atoms with van der Waals surface area (Å²) in [7, 11) is -3.00. The summed E-state index contributed by atoms with van der Waals surface area (Å²) in [6, 6.07) is 35.7. The average Bonchev–Trinajstić information content (AvgIpc) is 3.18. The molecule has 0 saturated carbocycles. The number of fused-ring (bicyclic) bond motifs is 5. The SMILES string of the molecule is CC1(C)c2ccccc2N(c2ccc3c(c2)-c2ccccc2P3(=O)c2cccnc2)c2ccccc21. The van der Waals surface area contributed by atoms with Crippen LogP contribution in [0.5, 0.6) is 0 Å². The molecule has 0 fully saturated rings. The predicted molar refractivity (Wildman–Crippen MR) is 149 cm³/mol. The van der Waals surface area contributed by atoms with Crippen molar-refractivity contribution in [3.63, 3.8) is 0 Å². The summed E-state index contributed by atoms with van der Waals surface area (Å²) in [6.45, 7) is 4.59. The zero-order chi connectivity index (χ0) is 24.5. The molecule has 3 heterocycles. The predicted octanol–water partition coefficient (Wildman–Crippen LogP) is 6.81. The fraction of sp³-hybridized carbons (Fsp3) is 0.0938. The van der Waals surface area contributed by atoms with Crippen molar-refractivity contribution in [2.75, 3.05) is 4.90 Å². The maximum atomic E-state index is 14.8. The van der Waals surface area contributed by atoms with E-state index < -0.39 is 7.14 Å². The van der Waals surface area contributed by atoms with Crippen molar-refractivity contribution in [2.24, 2.45) is 0 Å². The summed E-state index contributed by atoms with van der Waals surface area (Å²) >= 11 is 0. The molecule has 36 heavy (non-hydrogen) atoms. The van der Waals surface area contributed by atoms with Crippen LogP contribution in [0.1, 0.15) is 25.0 Å². The maximum Gasteiger partial charge on any atom is 0.173 e. The van der Waals surface area contributed by atoms with Gasteiger partial charge in [0.05, 0.1) is 11.4 Å². The molecule has 2 aliphatic rings. The molecule has 4 heteroatoms. The molecule has 1 unspecified atom stereocenters. The normalized spacial score (nSPS) is 18.7. The number of para-hydroxylation sites is 2. The first-order valence-corrected chi connectivity index (χ1v) is 14.0. The Bertz CT molecular complexity index is 1660. The molecule has 0 radical (unpaired) electrons. The van der Waals surface area contributed by atoms with E-state index in [1.807, 2.05) is 30.3 Å². The molecule has 1 atom stereocenters. The van der Waals surface area contributed by atoms with Crippen LogP contribution in [0.4, 0.5) is 17.1 Å². The van der Waals surface area contributed by atoms with Crippen molar-refractivity contribution in [3.05, 3.63) is 127 Å². The van der Waals surface area contributed by atoms with Crippen molar-refractivity contribution in [3.8, 4) is 11.1 Å². The Morgan fingerprint density at radius 3 is 2.03 bits per heavy atom. The number of hydrogen-bond donors (Lipinski definition) is 0. The molecular weight excluding hydrogens is 459 g/mol. The molecule has 2 aliphatic heterocycles. The Hall–Kier alpha value is -3.94. The Kier molecular flexibility index (Phi) is 4.46. The van der Waals surface area contributed by atoms with Crippen LogP contribution >= 0.6 is 7.14 Å². The van der Waals surface area contributed by atoms with Crippen molar-refractivity contribution in [2.45, 2.75) is 19.3 Å². The number of hydrogen-bond acceptors (Lipinski definition) is 3. The zero-order valence-electron chi connectivity index (χ0n) is 20.2.